The number of aromatic nitrogens is 3. The average Bonchev–Trinajstić information content (AvgIpc) is 3.35. The van der Waals surface area contributed by atoms with Crippen molar-refractivity contribution in [1.82, 2.24) is 19.6 Å². The Hall–Kier alpha value is -4.80. The number of carboxylic acid groups (broad SMARTS) is 1. The van der Waals surface area contributed by atoms with Gasteiger partial charge in [0, 0.05) is 41.6 Å². The lowest BCUT2D eigenvalue weighted by Gasteiger charge is -2.26. The molecule has 0 fully saturated rings. The second kappa shape index (κ2) is 9.10. The van der Waals surface area contributed by atoms with Crippen LogP contribution in [0.3, 0.4) is 0 Å². The van der Waals surface area contributed by atoms with Gasteiger partial charge < -0.3 is 30.5 Å². The fraction of sp³-hybridized carbons (Fsp3) is 0.200. The fourth-order valence-electron chi connectivity index (χ4n) is 4.54. The molecule has 2 aliphatic rings. The smallest absolute Gasteiger partial charge is 0.348 e. The predicted octanol–water partition coefficient (Wildman–Crippen LogP) is 2.63. The first-order chi connectivity index (χ1) is 17.3. The molecule has 0 saturated carbocycles. The van der Waals surface area contributed by atoms with Crippen molar-refractivity contribution in [1.29, 1.82) is 0 Å². The molecule has 0 bridgehead atoms. The number of urea groups is 1. The Morgan fingerprint density at radius 3 is 2.53 bits per heavy atom. The first kappa shape index (κ1) is 23.0. The summed E-state index contributed by atoms with van der Waals surface area (Å²) in [6, 6.07) is 7.31. The molecule has 0 aliphatic heterocycles. The number of fused-ring (bicyclic) bond motifs is 2. The number of hydrogen-bond acceptors (Lipinski definition) is 5. The van der Waals surface area contributed by atoms with Crippen LogP contribution in [0.5, 0.6) is 0 Å². The highest BCUT2D eigenvalue weighted by Crippen LogP contribution is 2.38. The largest absolute Gasteiger partial charge is 0.478 e. The first-order valence-corrected chi connectivity index (χ1v) is 11.4. The topological polar surface area (TPSA) is 158 Å². The first-order valence-electron chi connectivity index (χ1n) is 11.4. The molecular weight excluding hydrogens is 466 g/mol. The summed E-state index contributed by atoms with van der Waals surface area (Å²) in [6.07, 6.45) is 8.52. The Bertz CT molecular complexity index is 1550. The summed E-state index contributed by atoms with van der Waals surface area (Å²) < 4.78 is 2.38. The molecule has 3 aromatic rings. The SMILES string of the molecule is O=C(NCc1ccn(C2=CC3=C(CC2)CCc2[nH]c(=O)c(=O)n(O)c23)c1)Nc1ccc(C(=O)O)cc1. The number of nitrogens with zero attached hydrogens (tertiary/aromatic N) is 2. The zero-order valence-corrected chi connectivity index (χ0v) is 19.1. The molecular formula is C25H23N5O6. The van der Waals surface area contributed by atoms with Gasteiger partial charge in [-0.3, -0.25) is 9.59 Å². The Morgan fingerprint density at radius 1 is 1.03 bits per heavy atom. The average molecular weight is 489 g/mol. The summed E-state index contributed by atoms with van der Waals surface area (Å²) in [7, 11) is 0. The van der Waals surface area contributed by atoms with E-state index in [1.54, 1.807) is 0 Å². The number of aromatic carboxylic acids is 1. The second-order valence-electron chi connectivity index (χ2n) is 8.67. The van der Waals surface area contributed by atoms with Crippen LogP contribution in [0.1, 0.15) is 46.6 Å². The summed E-state index contributed by atoms with van der Waals surface area (Å²) >= 11 is 0. The number of anilines is 1. The lowest BCUT2D eigenvalue weighted by atomic mass is 9.85. The summed E-state index contributed by atoms with van der Waals surface area (Å²) in [4.78, 5) is 49.5. The van der Waals surface area contributed by atoms with Crippen molar-refractivity contribution >= 4 is 29.0 Å². The molecule has 1 aromatic carbocycles. The van der Waals surface area contributed by atoms with Crippen LogP contribution >= 0.6 is 0 Å². The van der Waals surface area contributed by atoms with Gasteiger partial charge in [0.05, 0.1) is 5.56 Å². The number of carboxylic acids is 1. The summed E-state index contributed by atoms with van der Waals surface area (Å²) in [5.74, 6) is -1.04. The van der Waals surface area contributed by atoms with Crippen LogP contribution in [-0.4, -0.2) is 36.6 Å². The van der Waals surface area contributed by atoms with Crippen molar-refractivity contribution in [2.75, 3.05) is 5.32 Å². The van der Waals surface area contributed by atoms with Crippen LogP contribution in [0.2, 0.25) is 0 Å². The molecule has 11 nitrogen and oxygen atoms in total. The van der Waals surface area contributed by atoms with E-state index >= 15 is 0 Å². The number of nitrogens with one attached hydrogen (secondary N) is 3. The molecule has 11 heteroatoms. The third kappa shape index (κ3) is 4.33. The van der Waals surface area contributed by atoms with Crippen LogP contribution in [0.4, 0.5) is 10.5 Å². The minimum absolute atomic E-state index is 0.134. The number of H-pyrrole nitrogens is 1. The van der Waals surface area contributed by atoms with Crippen molar-refractivity contribution in [3.8, 4) is 0 Å². The van der Waals surface area contributed by atoms with Gasteiger partial charge in [-0.1, -0.05) is 5.57 Å². The Labute approximate surface area is 204 Å². The molecule has 0 saturated heterocycles. The zero-order valence-electron chi connectivity index (χ0n) is 19.1. The maximum Gasteiger partial charge on any atom is 0.348 e. The molecule has 5 N–H and O–H groups in total. The van der Waals surface area contributed by atoms with E-state index in [0.29, 0.717) is 28.2 Å². The molecule has 5 rings (SSSR count). The molecule has 184 valence electrons. The summed E-state index contributed by atoms with van der Waals surface area (Å²) in [5.41, 5.74) is 3.32. The van der Waals surface area contributed by atoms with Gasteiger partial charge in [-0.25, -0.2) is 9.59 Å². The van der Waals surface area contributed by atoms with E-state index in [0.717, 1.165) is 41.7 Å². The molecule has 0 spiro atoms. The van der Waals surface area contributed by atoms with Gasteiger partial charge in [0.25, 0.3) is 0 Å². The van der Waals surface area contributed by atoms with Gasteiger partial charge in [0.15, 0.2) is 0 Å². The lowest BCUT2D eigenvalue weighted by molar-refractivity contribution is 0.0697. The molecule has 36 heavy (non-hydrogen) atoms. The van der Waals surface area contributed by atoms with Gasteiger partial charge in [-0.15, -0.1) is 4.73 Å². The number of benzene rings is 1. The van der Waals surface area contributed by atoms with E-state index in [1.165, 1.54) is 24.3 Å². The highest BCUT2D eigenvalue weighted by molar-refractivity contribution is 5.91. The number of carbonyl (C=O) groups is 2. The van der Waals surface area contributed by atoms with E-state index in [9.17, 15) is 24.4 Å². The quantitative estimate of drug-likeness (QED) is 0.274. The molecule has 0 radical (unpaired) electrons. The normalized spacial score (nSPS) is 14.5. The van der Waals surface area contributed by atoms with Gasteiger partial charge in [-0.2, -0.15) is 0 Å². The molecule has 2 aliphatic carbocycles. The zero-order chi connectivity index (χ0) is 25.4. The van der Waals surface area contributed by atoms with Crippen LogP contribution in [-0.2, 0) is 13.0 Å². The highest BCUT2D eigenvalue weighted by Gasteiger charge is 2.26. The van der Waals surface area contributed by atoms with Gasteiger partial charge in [0.1, 0.15) is 5.69 Å². The van der Waals surface area contributed by atoms with Gasteiger partial charge in [0.2, 0.25) is 0 Å². The van der Waals surface area contributed by atoms with Crippen molar-refractivity contribution < 1.29 is 19.9 Å². The highest BCUT2D eigenvalue weighted by atomic mass is 16.5. The molecule has 2 heterocycles. The maximum atomic E-state index is 12.2. The van der Waals surface area contributed by atoms with Crippen LogP contribution in [0.25, 0.3) is 11.3 Å². The van der Waals surface area contributed by atoms with Crippen LogP contribution in [0, 0.1) is 0 Å². The molecule has 0 atom stereocenters. The third-order valence-corrected chi connectivity index (χ3v) is 6.38. The number of aromatic amines is 1. The van der Waals surface area contributed by atoms with E-state index in [1.807, 2.05) is 29.1 Å². The number of aryl methyl sites for hydroxylation is 1. The molecule has 2 aromatic heterocycles. The minimum atomic E-state index is -1.04. The van der Waals surface area contributed by atoms with Crippen LogP contribution < -0.4 is 21.8 Å². The Kier molecular flexibility index (Phi) is 5.80. The predicted molar refractivity (Wildman–Crippen MR) is 131 cm³/mol. The number of hydrogen-bond donors (Lipinski definition) is 5. The fourth-order valence-corrected chi connectivity index (χ4v) is 4.54. The van der Waals surface area contributed by atoms with E-state index in [-0.39, 0.29) is 12.1 Å². The third-order valence-electron chi connectivity index (χ3n) is 6.38. The van der Waals surface area contributed by atoms with Crippen molar-refractivity contribution in [3.63, 3.8) is 0 Å². The molecule has 2 amide bonds. The van der Waals surface area contributed by atoms with Gasteiger partial charge in [-0.05, 0) is 67.7 Å². The number of amides is 2. The van der Waals surface area contributed by atoms with Gasteiger partial charge >= 0.3 is 23.1 Å². The monoisotopic (exact) mass is 489 g/mol. The minimum Gasteiger partial charge on any atom is -0.478 e. The van der Waals surface area contributed by atoms with E-state index in [4.69, 9.17) is 5.11 Å². The van der Waals surface area contributed by atoms with Crippen molar-refractivity contribution in [3.05, 3.63) is 97.6 Å². The van der Waals surface area contributed by atoms with E-state index in [2.05, 4.69) is 15.6 Å². The number of allylic oxidation sites excluding steroid dienone is 4. The number of rotatable bonds is 5. The van der Waals surface area contributed by atoms with Crippen molar-refractivity contribution in [2.24, 2.45) is 0 Å². The lowest BCUT2D eigenvalue weighted by Crippen LogP contribution is -2.39. The maximum absolute atomic E-state index is 12.2. The van der Waals surface area contributed by atoms with Crippen LogP contribution in [0.15, 0.2) is 64.0 Å². The summed E-state index contributed by atoms with van der Waals surface area (Å²) in [5, 5.41) is 24.7. The summed E-state index contributed by atoms with van der Waals surface area (Å²) in [6.45, 7) is 0.271. The number of carbonyl (C=O) groups excluding carboxylic acids is 1. The van der Waals surface area contributed by atoms with E-state index < -0.39 is 23.1 Å². The van der Waals surface area contributed by atoms with Crippen molar-refractivity contribution in [2.45, 2.75) is 32.2 Å². The Balaban J connectivity index is 1.28. The second-order valence-corrected chi connectivity index (χ2v) is 8.67. The Morgan fingerprint density at radius 2 is 1.78 bits per heavy atom. The standard InChI is InChI=1S/C25H23N5O6/c31-22-23(32)30(36)21-19-11-18(7-3-15(19)4-8-20(21)28-22)29-10-9-14(13-29)12-26-25(35)27-17-5-1-16(2-6-17)24(33)34/h1-2,5-6,9-11,13,36H,3-4,7-8,12H2,(H,28,31)(H,33,34)(H2,26,27,35). The molecule has 0 unspecified atom stereocenters.